The van der Waals surface area contributed by atoms with Crippen molar-refractivity contribution in [1.29, 1.82) is 0 Å². The first-order chi connectivity index (χ1) is 12.8. The van der Waals surface area contributed by atoms with Gasteiger partial charge in [0.15, 0.2) is 5.78 Å². The predicted molar refractivity (Wildman–Crippen MR) is 98.6 cm³/mol. The summed E-state index contributed by atoms with van der Waals surface area (Å²) in [5, 5.41) is 0. The summed E-state index contributed by atoms with van der Waals surface area (Å²) in [6, 6.07) is 9.60. The Bertz CT molecular complexity index is 883. The molecule has 0 aliphatic heterocycles. The fraction of sp³-hybridized carbons (Fsp3) is 0.167. The van der Waals surface area contributed by atoms with Crippen molar-refractivity contribution in [2.24, 2.45) is 0 Å². The van der Waals surface area contributed by atoms with Crippen molar-refractivity contribution in [3.8, 4) is 23.0 Å². The summed E-state index contributed by atoms with van der Waals surface area (Å²) in [6.45, 7) is 0. The molecule has 2 rings (SSSR count). The number of carbonyl (C=O) groups excluding carboxylic acids is 1. The van der Waals surface area contributed by atoms with Crippen LogP contribution in [0.5, 0.6) is 23.0 Å². The summed E-state index contributed by atoms with van der Waals surface area (Å²) < 4.78 is 31.2. The summed E-state index contributed by atoms with van der Waals surface area (Å²) in [4.78, 5) is 30.9. The van der Waals surface area contributed by atoms with E-state index in [2.05, 4.69) is 4.52 Å². The van der Waals surface area contributed by atoms with Gasteiger partial charge in [0.05, 0.1) is 21.3 Å². The number of carbonyl (C=O) groups is 1. The zero-order valence-corrected chi connectivity index (χ0v) is 15.8. The summed E-state index contributed by atoms with van der Waals surface area (Å²) in [5.74, 6) is 0.0403. The molecule has 0 heterocycles. The molecule has 0 unspecified atom stereocenters. The van der Waals surface area contributed by atoms with Crippen LogP contribution in [0.4, 0.5) is 0 Å². The van der Waals surface area contributed by atoms with Crippen molar-refractivity contribution in [2.45, 2.75) is 0 Å². The van der Waals surface area contributed by atoms with E-state index >= 15 is 0 Å². The van der Waals surface area contributed by atoms with Crippen molar-refractivity contribution < 1.29 is 37.9 Å². The van der Waals surface area contributed by atoms with E-state index in [0.29, 0.717) is 5.75 Å². The van der Waals surface area contributed by atoms with E-state index in [-0.39, 0.29) is 22.8 Å². The molecule has 2 N–H and O–H groups in total. The highest BCUT2D eigenvalue weighted by Gasteiger charge is 2.25. The molecule has 0 amide bonds. The predicted octanol–water partition coefficient (Wildman–Crippen LogP) is 3.08. The lowest BCUT2D eigenvalue weighted by Crippen LogP contribution is -2.04. The molecular formula is C18H19O8P. The molecule has 0 aromatic heterocycles. The second kappa shape index (κ2) is 8.73. The van der Waals surface area contributed by atoms with Gasteiger partial charge in [-0.2, -0.15) is 0 Å². The molecule has 0 aliphatic carbocycles. The topological polar surface area (TPSA) is 112 Å². The Morgan fingerprint density at radius 1 is 0.926 bits per heavy atom. The average molecular weight is 394 g/mol. The fourth-order valence-corrected chi connectivity index (χ4v) is 2.66. The van der Waals surface area contributed by atoms with Gasteiger partial charge in [0.1, 0.15) is 28.6 Å². The Morgan fingerprint density at radius 3 is 2.04 bits per heavy atom. The number of ether oxygens (including phenoxy) is 3. The van der Waals surface area contributed by atoms with Gasteiger partial charge in [0, 0.05) is 12.1 Å². The molecular weight excluding hydrogens is 375 g/mol. The highest BCUT2D eigenvalue weighted by molar-refractivity contribution is 7.46. The number of hydrogen-bond donors (Lipinski definition) is 2. The number of allylic oxidation sites excluding steroid dienone is 1. The van der Waals surface area contributed by atoms with Crippen LogP contribution in [0, 0.1) is 0 Å². The van der Waals surface area contributed by atoms with Gasteiger partial charge in [-0.05, 0) is 23.8 Å². The molecule has 144 valence electrons. The third-order valence-electron chi connectivity index (χ3n) is 3.50. The number of ketones is 1. The molecule has 0 spiro atoms. The molecule has 2 aromatic rings. The van der Waals surface area contributed by atoms with Crippen LogP contribution in [0.1, 0.15) is 15.9 Å². The Hall–Kier alpha value is -2.80. The van der Waals surface area contributed by atoms with Crippen LogP contribution in [0.25, 0.3) is 6.08 Å². The Labute approximate surface area is 156 Å². The van der Waals surface area contributed by atoms with Crippen LogP contribution in [-0.2, 0) is 4.57 Å². The van der Waals surface area contributed by atoms with Gasteiger partial charge in [-0.15, -0.1) is 0 Å². The lowest BCUT2D eigenvalue weighted by Gasteiger charge is -2.15. The number of phosphoric ester groups is 1. The molecule has 9 heteroatoms. The zero-order chi connectivity index (χ0) is 20.0. The fourth-order valence-electron chi connectivity index (χ4n) is 2.26. The molecule has 0 aliphatic rings. The second-order valence-electron chi connectivity index (χ2n) is 5.26. The van der Waals surface area contributed by atoms with E-state index in [1.807, 2.05) is 0 Å². The van der Waals surface area contributed by atoms with Crippen molar-refractivity contribution in [3.63, 3.8) is 0 Å². The number of hydrogen-bond acceptors (Lipinski definition) is 6. The van der Waals surface area contributed by atoms with Crippen LogP contribution in [0.15, 0.2) is 42.5 Å². The first-order valence-electron chi connectivity index (χ1n) is 7.65. The molecule has 0 saturated carbocycles. The minimum atomic E-state index is -4.90. The average Bonchev–Trinajstić information content (AvgIpc) is 2.64. The summed E-state index contributed by atoms with van der Waals surface area (Å²) >= 11 is 0. The minimum absolute atomic E-state index is 0.0576. The molecule has 2 aromatic carbocycles. The van der Waals surface area contributed by atoms with E-state index < -0.39 is 13.6 Å². The quantitative estimate of drug-likeness (QED) is 0.399. The lowest BCUT2D eigenvalue weighted by atomic mass is 10.1. The van der Waals surface area contributed by atoms with Crippen molar-refractivity contribution in [2.75, 3.05) is 21.3 Å². The first kappa shape index (κ1) is 20.5. The Morgan fingerprint density at radius 2 is 1.52 bits per heavy atom. The van der Waals surface area contributed by atoms with E-state index in [1.165, 1.54) is 32.4 Å². The molecule has 27 heavy (non-hydrogen) atoms. The largest absolute Gasteiger partial charge is 0.524 e. The van der Waals surface area contributed by atoms with E-state index in [4.69, 9.17) is 24.0 Å². The maximum Gasteiger partial charge on any atom is 0.524 e. The Kier molecular flexibility index (Phi) is 6.63. The SMILES string of the molecule is COc1ccc(C=CC(=O)c2c(OC)cc(OC)cc2OP(=O)(O)O)cc1. The molecule has 0 radical (unpaired) electrons. The Balaban J connectivity index is 2.42. The van der Waals surface area contributed by atoms with Gasteiger partial charge in [-0.3, -0.25) is 14.6 Å². The maximum atomic E-state index is 12.7. The number of methoxy groups -OCH3 is 3. The van der Waals surface area contributed by atoms with E-state index in [1.54, 1.807) is 37.5 Å². The van der Waals surface area contributed by atoms with Crippen LogP contribution >= 0.6 is 7.82 Å². The second-order valence-corrected chi connectivity index (χ2v) is 6.42. The monoisotopic (exact) mass is 394 g/mol. The summed E-state index contributed by atoms with van der Waals surface area (Å²) in [6.07, 6.45) is 2.80. The standard InChI is InChI=1S/C18H19O8P/c1-23-13-7-4-12(5-8-13)6-9-15(19)18-16(25-3)10-14(24-2)11-17(18)26-27(20,21)22/h4-11H,1-3H3,(H2,20,21,22). The molecule has 0 bridgehead atoms. The highest BCUT2D eigenvalue weighted by Crippen LogP contribution is 2.43. The first-order valence-corrected chi connectivity index (χ1v) is 9.18. The molecule has 0 saturated heterocycles. The van der Waals surface area contributed by atoms with E-state index in [9.17, 15) is 9.36 Å². The van der Waals surface area contributed by atoms with Crippen LogP contribution < -0.4 is 18.7 Å². The van der Waals surface area contributed by atoms with Crippen molar-refractivity contribution in [1.82, 2.24) is 0 Å². The van der Waals surface area contributed by atoms with Crippen molar-refractivity contribution in [3.05, 3.63) is 53.6 Å². The van der Waals surface area contributed by atoms with Gasteiger partial charge in [-0.25, -0.2) is 4.57 Å². The van der Waals surface area contributed by atoms with Crippen LogP contribution in [0.3, 0.4) is 0 Å². The minimum Gasteiger partial charge on any atom is -0.497 e. The van der Waals surface area contributed by atoms with Crippen LogP contribution in [0.2, 0.25) is 0 Å². The van der Waals surface area contributed by atoms with Crippen LogP contribution in [-0.4, -0.2) is 36.9 Å². The number of phosphoric acid groups is 1. The summed E-state index contributed by atoms with van der Waals surface area (Å²) in [7, 11) is -0.672. The molecule has 0 atom stereocenters. The smallest absolute Gasteiger partial charge is 0.497 e. The number of benzene rings is 2. The van der Waals surface area contributed by atoms with Gasteiger partial charge >= 0.3 is 7.82 Å². The maximum absolute atomic E-state index is 12.7. The number of rotatable bonds is 8. The highest BCUT2D eigenvalue weighted by atomic mass is 31.2. The normalized spacial score (nSPS) is 11.3. The summed E-state index contributed by atoms with van der Waals surface area (Å²) in [5.41, 5.74) is 0.598. The third-order valence-corrected chi connectivity index (χ3v) is 3.94. The molecule has 0 fully saturated rings. The van der Waals surface area contributed by atoms with Gasteiger partial charge in [0.2, 0.25) is 0 Å². The van der Waals surface area contributed by atoms with Gasteiger partial charge in [-0.1, -0.05) is 18.2 Å². The van der Waals surface area contributed by atoms with Gasteiger partial charge in [0.25, 0.3) is 0 Å². The van der Waals surface area contributed by atoms with E-state index in [0.717, 1.165) is 5.56 Å². The molecule has 8 nitrogen and oxygen atoms in total. The van der Waals surface area contributed by atoms with Gasteiger partial charge < -0.3 is 18.7 Å². The zero-order valence-electron chi connectivity index (χ0n) is 14.9. The lowest BCUT2D eigenvalue weighted by molar-refractivity contribution is 0.104. The van der Waals surface area contributed by atoms with Crippen molar-refractivity contribution >= 4 is 19.7 Å². The third kappa shape index (κ3) is 5.59.